The fourth-order valence-electron chi connectivity index (χ4n) is 3.60. The third-order valence-corrected chi connectivity index (χ3v) is 6.78. The van der Waals surface area contributed by atoms with E-state index in [9.17, 15) is 30.8 Å². The van der Waals surface area contributed by atoms with Crippen LogP contribution in [0.5, 0.6) is 0 Å². The lowest BCUT2D eigenvalue weighted by Crippen LogP contribution is -2.42. The minimum atomic E-state index is -3.73. The van der Waals surface area contributed by atoms with Gasteiger partial charge in [0.25, 0.3) is 5.91 Å². The van der Waals surface area contributed by atoms with Crippen molar-refractivity contribution in [2.75, 3.05) is 18.4 Å². The van der Waals surface area contributed by atoms with E-state index in [-0.39, 0.29) is 28.5 Å². The number of rotatable bonds is 4. The highest BCUT2D eigenvalue weighted by molar-refractivity contribution is 7.89. The van der Waals surface area contributed by atoms with Gasteiger partial charge in [-0.05, 0) is 48.6 Å². The molecule has 0 bridgehead atoms. The number of hydrogen-bond donors (Lipinski definition) is 1. The van der Waals surface area contributed by atoms with Gasteiger partial charge in [0.05, 0.1) is 10.5 Å². The molecule has 1 saturated heterocycles. The van der Waals surface area contributed by atoms with Crippen LogP contribution in [0.2, 0.25) is 0 Å². The highest BCUT2D eigenvalue weighted by Crippen LogP contribution is 2.27. The molecule has 30 heavy (non-hydrogen) atoms. The Bertz CT molecular complexity index is 1060. The van der Waals surface area contributed by atoms with E-state index >= 15 is 0 Å². The van der Waals surface area contributed by atoms with Crippen molar-refractivity contribution in [3.63, 3.8) is 0 Å². The first-order valence-electron chi connectivity index (χ1n) is 9.25. The number of benzene rings is 2. The first-order chi connectivity index (χ1) is 14.0. The van der Waals surface area contributed by atoms with Crippen molar-refractivity contribution in [1.29, 1.82) is 0 Å². The zero-order valence-electron chi connectivity index (χ0n) is 16.3. The molecule has 0 saturated carbocycles. The molecule has 3 rings (SSSR count). The summed E-state index contributed by atoms with van der Waals surface area (Å²) >= 11 is 0. The summed E-state index contributed by atoms with van der Waals surface area (Å²) in [6, 6.07) is 5.35. The van der Waals surface area contributed by atoms with Gasteiger partial charge in [-0.1, -0.05) is 13.8 Å². The third kappa shape index (κ3) is 4.34. The number of carbonyl (C=O) groups is 1. The van der Waals surface area contributed by atoms with Crippen molar-refractivity contribution < 1.29 is 30.8 Å². The predicted molar refractivity (Wildman–Crippen MR) is 102 cm³/mol. The summed E-state index contributed by atoms with van der Waals surface area (Å²) in [6.07, 6.45) is 0.943. The van der Waals surface area contributed by atoms with E-state index in [0.29, 0.717) is 13.1 Å². The van der Waals surface area contributed by atoms with Crippen LogP contribution in [0.1, 0.15) is 30.6 Å². The monoisotopic (exact) mass is 444 g/mol. The van der Waals surface area contributed by atoms with Crippen LogP contribution in [0.25, 0.3) is 0 Å². The Kier molecular flexibility index (Phi) is 6.19. The molecule has 1 heterocycles. The molecule has 5 nitrogen and oxygen atoms in total. The number of nitrogens with zero attached hydrogens (tertiary/aromatic N) is 1. The Morgan fingerprint density at radius 2 is 1.53 bits per heavy atom. The molecule has 2 unspecified atom stereocenters. The second kappa shape index (κ2) is 8.35. The molecule has 2 aromatic carbocycles. The first-order valence-corrected chi connectivity index (χ1v) is 10.7. The van der Waals surface area contributed by atoms with E-state index in [1.54, 1.807) is 0 Å². The first kappa shape index (κ1) is 22.2. The predicted octanol–water partition coefficient (Wildman–Crippen LogP) is 4.16. The van der Waals surface area contributed by atoms with Crippen LogP contribution in [-0.2, 0) is 10.0 Å². The summed E-state index contributed by atoms with van der Waals surface area (Å²) < 4.78 is 80.5. The van der Waals surface area contributed by atoms with Crippen molar-refractivity contribution >= 4 is 21.6 Å². The van der Waals surface area contributed by atoms with Crippen LogP contribution in [0.4, 0.5) is 23.2 Å². The molecular formula is C20H20F4N2O3S. The van der Waals surface area contributed by atoms with Crippen LogP contribution in [0.15, 0.2) is 35.2 Å². The smallest absolute Gasteiger partial charge is 0.258 e. The summed E-state index contributed by atoms with van der Waals surface area (Å²) in [5, 5.41) is 2.20. The van der Waals surface area contributed by atoms with Gasteiger partial charge in [-0.2, -0.15) is 4.31 Å². The maximum Gasteiger partial charge on any atom is 0.258 e. The number of hydrogen-bond acceptors (Lipinski definition) is 3. The lowest BCUT2D eigenvalue weighted by Gasteiger charge is -2.34. The van der Waals surface area contributed by atoms with Gasteiger partial charge < -0.3 is 5.32 Å². The topological polar surface area (TPSA) is 66.5 Å². The Labute approximate surface area is 171 Å². The van der Waals surface area contributed by atoms with E-state index in [4.69, 9.17) is 0 Å². The van der Waals surface area contributed by atoms with E-state index < -0.39 is 44.8 Å². The minimum absolute atomic E-state index is 0.0202. The summed E-state index contributed by atoms with van der Waals surface area (Å²) in [4.78, 5) is 12.1. The molecule has 162 valence electrons. The average Bonchev–Trinajstić information content (AvgIpc) is 2.68. The van der Waals surface area contributed by atoms with Crippen molar-refractivity contribution in [3.05, 3.63) is 59.2 Å². The second-order valence-electron chi connectivity index (χ2n) is 7.59. The van der Waals surface area contributed by atoms with Crippen molar-refractivity contribution in [2.45, 2.75) is 25.2 Å². The zero-order valence-corrected chi connectivity index (χ0v) is 17.1. The third-order valence-electron chi connectivity index (χ3n) is 4.93. The minimum Gasteiger partial charge on any atom is -0.322 e. The number of halogens is 4. The van der Waals surface area contributed by atoms with Crippen LogP contribution in [0.3, 0.4) is 0 Å². The van der Waals surface area contributed by atoms with Crippen LogP contribution in [0, 0.1) is 35.1 Å². The molecule has 0 aliphatic carbocycles. The molecule has 10 heteroatoms. The van der Waals surface area contributed by atoms with Crippen LogP contribution < -0.4 is 5.32 Å². The average molecular weight is 444 g/mol. The van der Waals surface area contributed by atoms with Crippen molar-refractivity contribution in [2.24, 2.45) is 11.8 Å². The van der Waals surface area contributed by atoms with Gasteiger partial charge in [-0.25, -0.2) is 26.0 Å². The fraction of sp³-hybridized carbons (Fsp3) is 0.350. The second-order valence-corrected chi connectivity index (χ2v) is 9.53. The number of carbonyl (C=O) groups excluding carboxylic acids is 1. The van der Waals surface area contributed by atoms with E-state index in [1.165, 1.54) is 28.6 Å². The number of piperidine rings is 1. The number of nitrogens with one attached hydrogen (secondary N) is 1. The lowest BCUT2D eigenvalue weighted by molar-refractivity contribution is 0.102. The van der Waals surface area contributed by atoms with Crippen LogP contribution >= 0.6 is 0 Å². The number of amides is 1. The van der Waals surface area contributed by atoms with E-state index in [0.717, 1.165) is 6.42 Å². The highest BCUT2D eigenvalue weighted by atomic mass is 32.2. The van der Waals surface area contributed by atoms with Crippen LogP contribution in [-0.4, -0.2) is 31.7 Å². The van der Waals surface area contributed by atoms with Gasteiger partial charge in [0, 0.05) is 18.8 Å². The van der Waals surface area contributed by atoms with E-state index in [1.807, 2.05) is 13.8 Å². The summed E-state index contributed by atoms with van der Waals surface area (Å²) in [7, 11) is -3.73. The molecule has 1 amide bonds. The van der Waals surface area contributed by atoms with Gasteiger partial charge in [0.2, 0.25) is 10.0 Å². The Morgan fingerprint density at radius 1 is 0.967 bits per heavy atom. The number of sulfonamides is 1. The molecule has 2 atom stereocenters. The van der Waals surface area contributed by atoms with Gasteiger partial charge in [-0.15, -0.1) is 0 Å². The molecule has 0 radical (unpaired) electrons. The molecular weight excluding hydrogens is 424 g/mol. The Balaban J connectivity index is 1.79. The normalized spacial score (nSPS) is 20.2. The lowest BCUT2D eigenvalue weighted by atomic mass is 9.94. The highest BCUT2D eigenvalue weighted by Gasteiger charge is 2.31. The van der Waals surface area contributed by atoms with Gasteiger partial charge in [-0.3, -0.25) is 4.79 Å². The maximum atomic E-state index is 13.8. The standard InChI is InChI=1S/C20H20F4N2O3S/c1-11-7-12(2)10-26(9-11)30(28,29)14-5-3-13(4-6-14)25-20(27)15-8-16(21)18(23)19(24)17(15)22/h3-6,8,11-12H,7,9-10H2,1-2H3,(H,25,27). The van der Waals surface area contributed by atoms with E-state index in [2.05, 4.69) is 5.32 Å². The van der Waals surface area contributed by atoms with Gasteiger partial charge in [0.1, 0.15) is 0 Å². The Morgan fingerprint density at radius 3 is 2.10 bits per heavy atom. The maximum absolute atomic E-state index is 13.8. The van der Waals surface area contributed by atoms with Crippen molar-refractivity contribution in [3.8, 4) is 0 Å². The SMILES string of the molecule is CC1CC(C)CN(S(=O)(=O)c2ccc(NC(=O)c3cc(F)c(F)c(F)c3F)cc2)C1. The molecule has 0 spiro atoms. The summed E-state index contributed by atoms with van der Waals surface area (Å²) in [6.45, 7) is 4.78. The van der Waals surface area contributed by atoms with Gasteiger partial charge >= 0.3 is 0 Å². The summed E-state index contributed by atoms with van der Waals surface area (Å²) in [5.41, 5.74) is -0.941. The largest absolute Gasteiger partial charge is 0.322 e. The summed E-state index contributed by atoms with van der Waals surface area (Å²) in [5.74, 6) is -8.38. The molecule has 1 fully saturated rings. The molecule has 2 aromatic rings. The molecule has 1 aliphatic heterocycles. The van der Waals surface area contributed by atoms with Crippen molar-refractivity contribution in [1.82, 2.24) is 4.31 Å². The fourth-order valence-corrected chi connectivity index (χ4v) is 5.28. The Hall–Kier alpha value is -2.46. The number of anilines is 1. The zero-order chi connectivity index (χ0) is 22.2. The molecule has 0 aromatic heterocycles. The quantitative estimate of drug-likeness (QED) is 0.438. The molecule has 1 N–H and O–H groups in total. The molecule has 1 aliphatic rings. The van der Waals surface area contributed by atoms with Gasteiger partial charge in [0.15, 0.2) is 23.3 Å².